The molecule has 18 heavy (non-hydrogen) atoms. The van der Waals surface area contributed by atoms with Gasteiger partial charge in [-0.05, 0) is 36.0 Å². The van der Waals surface area contributed by atoms with Crippen LogP contribution in [-0.2, 0) is 9.84 Å². The van der Waals surface area contributed by atoms with Crippen molar-refractivity contribution < 1.29 is 13.5 Å². The first-order valence-electron chi connectivity index (χ1n) is 5.90. The summed E-state index contributed by atoms with van der Waals surface area (Å²) in [6.07, 6.45) is 1.39. The molecule has 0 radical (unpaired) electrons. The maximum atomic E-state index is 11.8. The van der Waals surface area contributed by atoms with Gasteiger partial charge in [0.25, 0.3) is 0 Å². The third kappa shape index (κ3) is 2.20. The van der Waals surface area contributed by atoms with Crippen molar-refractivity contribution in [3.63, 3.8) is 0 Å². The van der Waals surface area contributed by atoms with E-state index in [9.17, 15) is 13.5 Å². The summed E-state index contributed by atoms with van der Waals surface area (Å²) in [6.45, 7) is 1.94. The molecule has 0 aliphatic heterocycles. The molecule has 4 nitrogen and oxygen atoms in total. The van der Waals surface area contributed by atoms with Crippen LogP contribution < -0.4 is 0 Å². The molecule has 0 amide bonds. The molecule has 2 rings (SSSR count). The number of benzene rings is 1. The van der Waals surface area contributed by atoms with E-state index in [2.05, 4.69) is 0 Å². The minimum absolute atomic E-state index is 0.0309. The van der Waals surface area contributed by atoms with Crippen molar-refractivity contribution in [2.45, 2.75) is 36.7 Å². The lowest BCUT2D eigenvalue weighted by molar-refractivity contribution is 0.244. The first-order chi connectivity index (χ1) is 8.32. The van der Waals surface area contributed by atoms with Crippen LogP contribution in [0.15, 0.2) is 23.1 Å². The van der Waals surface area contributed by atoms with Gasteiger partial charge in [-0.3, -0.25) is 0 Å². The number of aliphatic hydroxyl groups is 1. The molecule has 98 valence electrons. The Morgan fingerprint density at radius 2 is 2.06 bits per heavy atom. The Labute approximate surface area is 107 Å². The fraction of sp³-hybridized carbons (Fsp3) is 0.462. The van der Waals surface area contributed by atoms with E-state index in [1.807, 2.05) is 6.92 Å². The molecule has 0 bridgehead atoms. The van der Waals surface area contributed by atoms with Crippen LogP contribution in [-0.4, -0.2) is 25.5 Å². The smallest absolute Gasteiger partial charge is 0.175 e. The second-order valence-corrected chi connectivity index (χ2v) is 6.88. The molecule has 0 saturated heterocycles. The minimum Gasteiger partial charge on any atom is -0.382 e. The standard InChI is InChI=1S/C13H17NO3S/c1-8-6-7-10(14)13(15)9-4-3-5-11(12(8)9)18(2,16)17/h3-5,8,13-15H,6-7H2,1-2H3. The van der Waals surface area contributed by atoms with Crippen molar-refractivity contribution >= 4 is 15.5 Å². The Morgan fingerprint density at radius 3 is 2.67 bits per heavy atom. The molecule has 1 aliphatic carbocycles. The highest BCUT2D eigenvalue weighted by Crippen LogP contribution is 2.37. The summed E-state index contributed by atoms with van der Waals surface area (Å²) in [7, 11) is -3.32. The van der Waals surface area contributed by atoms with Gasteiger partial charge in [0, 0.05) is 12.0 Å². The van der Waals surface area contributed by atoms with Gasteiger partial charge < -0.3 is 10.5 Å². The number of fused-ring (bicyclic) bond motifs is 1. The summed E-state index contributed by atoms with van der Waals surface area (Å²) in [5, 5.41) is 17.9. The lowest BCUT2D eigenvalue weighted by Gasteiger charge is -2.18. The van der Waals surface area contributed by atoms with Gasteiger partial charge >= 0.3 is 0 Å². The van der Waals surface area contributed by atoms with Crippen molar-refractivity contribution in [2.75, 3.05) is 6.26 Å². The normalized spacial score (nSPS) is 24.5. The molecule has 2 atom stereocenters. The van der Waals surface area contributed by atoms with Crippen LogP contribution in [0.4, 0.5) is 0 Å². The van der Waals surface area contributed by atoms with Gasteiger partial charge in [0.15, 0.2) is 9.84 Å². The van der Waals surface area contributed by atoms with Crippen LogP contribution in [0.2, 0.25) is 0 Å². The number of hydrogen-bond acceptors (Lipinski definition) is 4. The van der Waals surface area contributed by atoms with E-state index in [1.165, 1.54) is 6.26 Å². The lowest BCUT2D eigenvalue weighted by atomic mass is 9.94. The third-order valence-electron chi connectivity index (χ3n) is 3.46. The monoisotopic (exact) mass is 267 g/mol. The Bertz CT molecular complexity index is 592. The second-order valence-electron chi connectivity index (χ2n) is 4.90. The average Bonchev–Trinajstić information content (AvgIpc) is 2.41. The van der Waals surface area contributed by atoms with Gasteiger partial charge in [0.2, 0.25) is 0 Å². The number of sulfone groups is 1. The summed E-state index contributed by atoms with van der Waals surface area (Å²) in [5.74, 6) is 0.0309. The van der Waals surface area contributed by atoms with Crippen LogP contribution in [0.1, 0.15) is 42.9 Å². The Morgan fingerprint density at radius 1 is 1.39 bits per heavy atom. The third-order valence-corrected chi connectivity index (χ3v) is 4.62. The summed E-state index contributed by atoms with van der Waals surface area (Å²) in [4.78, 5) is 0.279. The quantitative estimate of drug-likeness (QED) is 0.764. The maximum absolute atomic E-state index is 11.8. The summed E-state index contributed by atoms with van der Waals surface area (Å²) in [5.41, 5.74) is 1.49. The zero-order chi connectivity index (χ0) is 13.5. The molecule has 0 spiro atoms. The molecule has 1 aromatic carbocycles. The van der Waals surface area contributed by atoms with E-state index in [-0.39, 0.29) is 16.5 Å². The summed E-state index contributed by atoms with van der Waals surface area (Å²) >= 11 is 0. The molecule has 1 aromatic rings. The Balaban J connectivity index is 2.74. The first kappa shape index (κ1) is 13.2. The van der Waals surface area contributed by atoms with Gasteiger partial charge in [-0.25, -0.2) is 8.42 Å². The molecular weight excluding hydrogens is 250 g/mol. The molecule has 0 saturated carbocycles. The molecule has 1 aliphatic rings. The highest BCUT2D eigenvalue weighted by molar-refractivity contribution is 7.90. The average molecular weight is 267 g/mol. The SMILES string of the molecule is CC1CCC(=N)C(O)c2cccc(S(C)(=O)=O)c21. The molecule has 5 heteroatoms. The zero-order valence-corrected chi connectivity index (χ0v) is 11.3. The van der Waals surface area contributed by atoms with E-state index in [1.54, 1.807) is 18.2 Å². The molecule has 2 unspecified atom stereocenters. The first-order valence-corrected chi connectivity index (χ1v) is 7.79. The highest BCUT2D eigenvalue weighted by atomic mass is 32.2. The predicted molar refractivity (Wildman–Crippen MR) is 69.9 cm³/mol. The van der Waals surface area contributed by atoms with Crippen LogP contribution in [0, 0.1) is 5.41 Å². The van der Waals surface area contributed by atoms with Crippen molar-refractivity contribution in [3.8, 4) is 0 Å². The van der Waals surface area contributed by atoms with Gasteiger partial charge in [-0.1, -0.05) is 19.1 Å². The molecule has 2 N–H and O–H groups in total. The Hall–Kier alpha value is -1.20. The van der Waals surface area contributed by atoms with E-state index in [0.29, 0.717) is 24.0 Å². The van der Waals surface area contributed by atoms with Crippen molar-refractivity contribution in [3.05, 3.63) is 29.3 Å². The van der Waals surface area contributed by atoms with Crippen LogP contribution >= 0.6 is 0 Å². The van der Waals surface area contributed by atoms with Gasteiger partial charge in [0.05, 0.1) is 4.90 Å². The van der Waals surface area contributed by atoms with E-state index >= 15 is 0 Å². The highest BCUT2D eigenvalue weighted by Gasteiger charge is 2.29. The fourth-order valence-corrected chi connectivity index (χ4v) is 3.54. The minimum atomic E-state index is -3.32. The molecule has 0 aromatic heterocycles. The van der Waals surface area contributed by atoms with Crippen LogP contribution in [0.25, 0.3) is 0 Å². The predicted octanol–water partition coefficient (Wildman–Crippen LogP) is 2.04. The molecule has 0 fully saturated rings. The summed E-state index contributed by atoms with van der Waals surface area (Å²) in [6, 6.07) is 4.92. The van der Waals surface area contributed by atoms with E-state index in [4.69, 9.17) is 5.41 Å². The lowest BCUT2D eigenvalue weighted by Crippen LogP contribution is -2.12. The number of rotatable bonds is 1. The Kier molecular flexibility index (Phi) is 3.29. The van der Waals surface area contributed by atoms with Crippen LogP contribution in [0.5, 0.6) is 0 Å². The van der Waals surface area contributed by atoms with Crippen molar-refractivity contribution in [2.24, 2.45) is 0 Å². The molecular formula is C13H17NO3S. The zero-order valence-electron chi connectivity index (χ0n) is 10.5. The number of hydrogen-bond donors (Lipinski definition) is 2. The van der Waals surface area contributed by atoms with Gasteiger partial charge in [-0.15, -0.1) is 0 Å². The van der Waals surface area contributed by atoms with E-state index < -0.39 is 15.9 Å². The second kappa shape index (κ2) is 4.48. The maximum Gasteiger partial charge on any atom is 0.175 e. The molecule has 0 heterocycles. The van der Waals surface area contributed by atoms with Crippen molar-refractivity contribution in [1.82, 2.24) is 0 Å². The summed E-state index contributed by atoms with van der Waals surface area (Å²) < 4.78 is 23.6. The number of aliphatic hydroxyl groups excluding tert-OH is 1. The van der Waals surface area contributed by atoms with Gasteiger partial charge in [-0.2, -0.15) is 0 Å². The fourth-order valence-electron chi connectivity index (χ4n) is 2.49. The van der Waals surface area contributed by atoms with E-state index in [0.717, 1.165) is 0 Å². The topological polar surface area (TPSA) is 78.2 Å². The largest absolute Gasteiger partial charge is 0.382 e. The van der Waals surface area contributed by atoms with Crippen LogP contribution in [0.3, 0.4) is 0 Å². The number of nitrogens with one attached hydrogen (secondary N) is 1. The van der Waals surface area contributed by atoms with Crippen molar-refractivity contribution in [1.29, 1.82) is 5.41 Å². The van der Waals surface area contributed by atoms with Gasteiger partial charge in [0.1, 0.15) is 6.10 Å².